The number of methoxy groups -OCH3 is 1. The Morgan fingerprint density at radius 2 is 1.96 bits per heavy atom. The average molecular weight is 366 g/mol. The lowest BCUT2D eigenvalue weighted by atomic mass is 10.1. The second kappa shape index (κ2) is 8.93. The zero-order valence-corrected chi connectivity index (χ0v) is 15.2. The molecule has 140 valence electrons. The molecule has 0 radical (unpaired) electrons. The van der Waals surface area contributed by atoms with E-state index >= 15 is 0 Å². The number of rotatable bonds is 7. The predicted molar refractivity (Wildman–Crippen MR) is 101 cm³/mol. The van der Waals surface area contributed by atoms with Crippen molar-refractivity contribution in [3.8, 4) is 5.88 Å². The predicted octanol–water partition coefficient (Wildman–Crippen LogP) is 2.12. The minimum Gasteiger partial charge on any atom is -0.481 e. The smallest absolute Gasteiger partial charge is 0.243 e. The van der Waals surface area contributed by atoms with Gasteiger partial charge in [0.1, 0.15) is 0 Å². The summed E-state index contributed by atoms with van der Waals surface area (Å²) in [6.07, 6.45) is 2.65. The van der Waals surface area contributed by atoms with Crippen LogP contribution in [-0.2, 0) is 16.1 Å². The van der Waals surface area contributed by atoms with Gasteiger partial charge in [0.15, 0.2) is 0 Å². The summed E-state index contributed by atoms with van der Waals surface area (Å²) < 4.78 is 4.99. The summed E-state index contributed by atoms with van der Waals surface area (Å²) in [5.41, 5.74) is 2.80. The molecule has 2 aromatic rings. The Bertz CT molecular complexity index is 819. The summed E-state index contributed by atoms with van der Waals surface area (Å²) in [6.45, 7) is 0.923. The number of hydrogen-bond acceptors (Lipinski definition) is 5. The van der Waals surface area contributed by atoms with Gasteiger partial charge in [-0.1, -0.05) is 36.4 Å². The highest BCUT2D eigenvalue weighted by Gasteiger charge is 2.21. The van der Waals surface area contributed by atoms with E-state index in [1.807, 2.05) is 36.4 Å². The van der Waals surface area contributed by atoms with Gasteiger partial charge >= 0.3 is 0 Å². The number of hydrazone groups is 1. The first-order chi connectivity index (χ1) is 13.2. The molecule has 0 aliphatic carbocycles. The van der Waals surface area contributed by atoms with Crippen molar-refractivity contribution < 1.29 is 14.3 Å². The zero-order valence-electron chi connectivity index (χ0n) is 15.2. The molecule has 7 heteroatoms. The van der Waals surface area contributed by atoms with Gasteiger partial charge in [-0.2, -0.15) is 5.10 Å². The molecule has 1 N–H and O–H groups in total. The summed E-state index contributed by atoms with van der Waals surface area (Å²) in [4.78, 5) is 28.4. The van der Waals surface area contributed by atoms with Gasteiger partial charge in [0, 0.05) is 38.1 Å². The van der Waals surface area contributed by atoms with E-state index in [-0.39, 0.29) is 24.7 Å². The van der Waals surface area contributed by atoms with E-state index in [1.54, 1.807) is 19.4 Å². The van der Waals surface area contributed by atoms with Gasteiger partial charge in [0.2, 0.25) is 17.7 Å². The highest BCUT2D eigenvalue weighted by molar-refractivity contribution is 6.02. The largest absolute Gasteiger partial charge is 0.481 e. The standard InChI is InChI=1S/C20H22N4O3/c1-27-19-9-7-15(14-22-19)13-21-18(25)8-10-20(26)24-12-11-17(23-24)16-5-3-2-4-6-16/h2-7,9,14H,8,10-13H2,1H3,(H,21,25). The van der Waals surface area contributed by atoms with Crippen molar-refractivity contribution in [3.05, 3.63) is 59.8 Å². The number of amides is 2. The molecule has 0 saturated carbocycles. The third-order valence-electron chi connectivity index (χ3n) is 4.26. The topological polar surface area (TPSA) is 83.9 Å². The molecule has 0 fully saturated rings. The molecule has 0 spiro atoms. The van der Waals surface area contributed by atoms with Crippen molar-refractivity contribution in [3.63, 3.8) is 0 Å². The van der Waals surface area contributed by atoms with Crippen LogP contribution in [-0.4, -0.2) is 41.2 Å². The maximum atomic E-state index is 12.3. The molecular weight excluding hydrogens is 344 g/mol. The number of benzene rings is 1. The van der Waals surface area contributed by atoms with Gasteiger partial charge in [-0.05, 0) is 11.1 Å². The average Bonchev–Trinajstić information content (AvgIpc) is 3.22. The number of hydrogen-bond donors (Lipinski definition) is 1. The van der Waals surface area contributed by atoms with Crippen LogP contribution in [0.5, 0.6) is 5.88 Å². The number of ether oxygens (including phenoxy) is 1. The summed E-state index contributed by atoms with van der Waals surface area (Å²) in [6, 6.07) is 13.4. The molecule has 2 amide bonds. The summed E-state index contributed by atoms with van der Waals surface area (Å²) in [7, 11) is 1.55. The fraction of sp³-hybridized carbons (Fsp3) is 0.300. The Labute approximate surface area is 158 Å². The van der Waals surface area contributed by atoms with Crippen LogP contribution in [0.25, 0.3) is 0 Å². The minimum atomic E-state index is -0.175. The fourth-order valence-corrected chi connectivity index (χ4v) is 2.75. The number of nitrogens with zero attached hydrogens (tertiary/aromatic N) is 3. The third kappa shape index (κ3) is 5.13. The zero-order chi connectivity index (χ0) is 19.1. The number of aromatic nitrogens is 1. The van der Waals surface area contributed by atoms with Crippen LogP contribution in [0.3, 0.4) is 0 Å². The number of nitrogens with one attached hydrogen (secondary N) is 1. The molecule has 3 rings (SSSR count). The fourth-order valence-electron chi connectivity index (χ4n) is 2.75. The van der Waals surface area contributed by atoms with Gasteiger partial charge < -0.3 is 10.1 Å². The highest BCUT2D eigenvalue weighted by atomic mass is 16.5. The number of carbonyl (C=O) groups is 2. The molecule has 0 atom stereocenters. The van der Waals surface area contributed by atoms with E-state index in [2.05, 4.69) is 15.4 Å². The van der Waals surface area contributed by atoms with Crippen molar-refractivity contribution in [2.75, 3.05) is 13.7 Å². The summed E-state index contributed by atoms with van der Waals surface area (Å²) >= 11 is 0. The first kappa shape index (κ1) is 18.6. The molecular formula is C20H22N4O3. The normalized spacial score (nSPS) is 13.2. The SMILES string of the molecule is COc1ccc(CNC(=O)CCC(=O)N2CCC(c3ccccc3)=N2)cn1. The second-order valence-electron chi connectivity index (χ2n) is 6.17. The Kier molecular flexibility index (Phi) is 6.14. The van der Waals surface area contributed by atoms with Crippen molar-refractivity contribution in [1.29, 1.82) is 0 Å². The molecule has 7 nitrogen and oxygen atoms in total. The van der Waals surface area contributed by atoms with Crippen LogP contribution < -0.4 is 10.1 Å². The molecule has 27 heavy (non-hydrogen) atoms. The summed E-state index contributed by atoms with van der Waals surface area (Å²) in [5.74, 6) is 0.213. The lowest BCUT2D eigenvalue weighted by molar-refractivity contribution is -0.133. The van der Waals surface area contributed by atoms with Gasteiger partial charge in [-0.15, -0.1) is 0 Å². The molecule has 1 aliphatic heterocycles. The lowest BCUT2D eigenvalue weighted by Gasteiger charge is -2.11. The third-order valence-corrected chi connectivity index (χ3v) is 4.26. The first-order valence-electron chi connectivity index (χ1n) is 8.84. The van der Waals surface area contributed by atoms with Gasteiger partial charge in [0.05, 0.1) is 19.4 Å². The molecule has 1 aromatic carbocycles. The quantitative estimate of drug-likeness (QED) is 0.814. The van der Waals surface area contributed by atoms with Crippen LogP contribution in [0.4, 0.5) is 0 Å². The Morgan fingerprint density at radius 1 is 1.15 bits per heavy atom. The number of carbonyl (C=O) groups excluding carboxylic acids is 2. The van der Waals surface area contributed by atoms with Crippen molar-refractivity contribution in [2.45, 2.75) is 25.8 Å². The molecule has 2 heterocycles. The molecule has 0 bridgehead atoms. The van der Waals surface area contributed by atoms with E-state index in [0.717, 1.165) is 23.3 Å². The van der Waals surface area contributed by atoms with Gasteiger partial charge in [-0.3, -0.25) is 9.59 Å². The van der Waals surface area contributed by atoms with Crippen molar-refractivity contribution >= 4 is 17.5 Å². The van der Waals surface area contributed by atoms with Crippen LogP contribution in [0.2, 0.25) is 0 Å². The molecule has 0 saturated heterocycles. The highest BCUT2D eigenvalue weighted by Crippen LogP contribution is 2.15. The van der Waals surface area contributed by atoms with E-state index < -0.39 is 0 Å². The van der Waals surface area contributed by atoms with E-state index in [4.69, 9.17) is 4.74 Å². The molecule has 0 unspecified atom stereocenters. The van der Waals surface area contributed by atoms with E-state index in [0.29, 0.717) is 19.0 Å². The molecule has 1 aliphatic rings. The Balaban J connectivity index is 1.43. The Hall–Kier alpha value is -3.22. The lowest BCUT2D eigenvalue weighted by Crippen LogP contribution is -2.27. The Morgan fingerprint density at radius 3 is 2.67 bits per heavy atom. The van der Waals surface area contributed by atoms with Crippen LogP contribution in [0, 0.1) is 0 Å². The van der Waals surface area contributed by atoms with Gasteiger partial charge in [0.25, 0.3) is 0 Å². The van der Waals surface area contributed by atoms with E-state index in [1.165, 1.54) is 5.01 Å². The van der Waals surface area contributed by atoms with Crippen LogP contribution in [0.15, 0.2) is 53.8 Å². The van der Waals surface area contributed by atoms with Crippen molar-refractivity contribution in [2.24, 2.45) is 5.10 Å². The maximum absolute atomic E-state index is 12.3. The van der Waals surface area contributed by atoms with Crippen LogP contribution in [0.1, 0.15) is 30.4 Å². The number of pyridine rings is 1. The van der Waals surface area contributed by atoms with E-state index in [9.17, 15) is 9.59 Å². The second-order valence-corrected chi connectivity index (χ2v) is 6.17. The summed E-state index contributed by atoms with van der Waals surface area (Å²) in [5, 5.41) is 8.65. The first-order valence-corrected chi connectivity index (χ1v) is 8.84. The molecule has 1 aromatic heterocycles. The van der Waals surface area contributed by atoms with Gasteiger partial charge in [-0.25, -0.2) is 9.99 Å². The minimum absolute atomic E-state index is 0.134. The monoisotopic (exact) mass is 366 g/mol. The van der Waals surface area contributed by atoms with Crippen molar-refractivity contribution in [1.82, 2.24) is 15.3 Å². The maximum Gasteiger partial charge on any atom is 0.243 e. The van der Waals surface area contributed by atoms with Crippen LogP contribution >= 0.6 is 0 Å².